The van der Waals surface area contributed by atoms with Crippen molar-refractivity contribution in [3.05, 3.63) is 56.7 Å². The molecule has 0 unspecified atom stereocenters. The second-order valence-corrected chi connectivity index (χ2v) is 5.57. The SMILES string of the molecule is COc1ccccc1C/C(C)=N\NC(=O)Cc1cc(=O)[nH]c(=S)[nH]1. The van der Waals surface area contributed by atoms with Crippen LogP contribution in [-0.2, 0) is 17.6 Å². The fraction of sp³-hybridized carbons (Fsp3) is 0.250. The van der Waals surface area contributed by atoms with Gasteiger partial charge in [-0.1, -0.05) is 18.2 Å². The first kappa shape index (κ1) is 17.6. The molecule has 0 bridgehead atoms. The molecule has 0 aliphatic heterocycles. The molecule has 2 aromatic rings. The zero-order chi connectivity index (χ0) is 17.5. The number of ether oxygens (including phenoxy) is 1. The molecule has 1 amide bonds. The Morgan fingerprint density at radius 3 is 2.75 bits per heavy atom. The van der Waals surface area contributed by atoms with E-state index in [1.54, 1.807) is 7.11 Å². The molecule has 3 N–H and O–H groups in total. The van der Waals surface area contributed by atoms with Crippen molar-refractivity contribution >= 4 is 23.8 Å². The van der Waals surface area contributed by atoms with E-state index in [2.05, 4.69) is 20.5 Å². The first-order chi connectivity index (χ1) is 11.5. The lowest BCUT2D eigenvalue weighted by molar-refractivity contribution is -0.120. The molecule has 0 atom stereocenters. The first-order valence-corrected chi connectivity index (χ1v) is 7.65. The summed E-state index contributed by atoms with van der Waals surface area (Å²) in [6.07, 6.45) is 0.538. The van der Waals surface area contributed by atoms with Crippen LogP contribution in [0, 0.1) is 4.77 Å². The maximum atomic E-state index is 11.9. The van der Waals surface area contributed by atoms with Crippen LogP contribution in [0.15, 0.2) is 40.2 Å². The Labute approximate surface area is 143 Å². The highest BCUT2D eigenvalue weighted by atomic mass is 32.1. The largest absolute Gasteiger partial charge is 0.496 e. The number of benzene rings is 1. The van der Waals surface area contributed by atoms with Crippen LogP contribution in [0.2, 0.25) is 0 Å². The van der Waals surface area contributed by atoms with Crippen LogP contribution in [0.5, 0.6) is 5.75 Å². The van der Waals surface area contributed by atoms with E-state index < -0.39 is 0 Å². The number of methoxy groups -OCH3 is 1. The molecule has 0 saturated heterocycles. The minimum absolute atomic E-state index is 0.0149. The van der Waals surface area contributed by atoms with E-state index in [1.165, 1.54) is 6.07 Å². The molecule has 8 heteroatoms. The maximum Gasteiger partial charge on any atom is 0.251 e. The second-order valence-electron chi connectivity index (χ2n) is 5.16. The van der Waals surface area contributed by atoms with Crippen LogP contribution < -0.4 is 15.7 Å². The molecule has 2 rings (SSSR count). The molecule has 0 spiro atoms. The van der Waals surface area contributed by atoms with Gasteiger partial charge in [0.25, 0.3) is 5.56 Å². The normalized spacial score (nSPS) is 11.2. The summed E-state index contributed by atoms with van der Waals surface area (Å²) in [5.41, 5.74) is 4.26. The van der Waals surface area contributed by atoms with Crippen LogP contribution >= 0.6 is 12.2 Å². The molecule has 1 aromatic heterocycles. The lowest BCUT2D eigenvalue weighted by Crippen LogP contribution is -2.23. The third-order valence-electron chi connectivity index (χ3n) is 3.18. The van der Waals surface area contributed by atoms with Crippen molar-refractivity contribution in [1.82, 2.24) is 15.4 Å². The summed E-state index contributed by atoms with van der Waals surface area (Å²) in [6.45, 7) is 1.81. The molecular weight excluding hydrogens is 328 g/mol. The second kappa shape index (κ2) is 8.21. The summed E-state index contributed by atoms with van der Waals surface area (Å²) in [4.78, 5) is 28.4. The molecule has 126 valence electrons. The van der Waals surface area contributed by atoms with E-state index in [1.807, 2.05) is 31.2 Å². The smallest absolute Gasteiger partial charge is 0.251 e. The van der Waals surface area contributed by atoms with Crippen molar-refractivity contribution in [3.8, 4) is 5.75 Å². The number of amides is 1. The molecule has 0 fully saturated rings. The van der Waals surface area contributed by atoms with Crippen molar-refractivity contribution in [2.24, 2.45) is 5.10 Å². The Morgan fingerprint density at radius 1 is 1.29 bits per heavy atom. The summed E-state index contributed by atoms with van der Waals surface area (Å²) in [6, 6.07) is 8.91. The topological polar surface area (TPSA) is 99.3 Å². The van der Waals surface area contributed by atoms with Crippen LogP contribution in [0.25, 0.3) is 0 Å². The minimum Gasteiger partial charge on any atom is -0.496 e. The number of carbonyl (C=O) groups is 1. The van der Waals surface area contributed by atoms with Gasteiger partial charge in [-0.05, 0) is 30.8 Å². The summed E-state index contributed by atoms with van der Waals surface area (Å²) >= 11 is 4.86. The fourth-order valence-electron chi connectivity index (χ4n) is 2.15. The van der Waals surface area contributed by atoms with Gasteiger partial charge < -0.3 is 9.72 Å². The number of nitrogens with zero attached hydrogens (tertiary/aromatic N) is 1. The van der Waals surface area contributed by atoms with Crippen LogP contribution in [0.1, 0.15) is 18.2 Å². The highest BCUT2D eigenvalue weighted by molar-refractivity contribution is 7.71. The quantitative estimate of drug-likeness (QED) is 0.421. The molecular formula is C16H18N4O3S. The number of carbonyl (C=O) groups excluding carboxylic acids is 1. The number of hydrogen-bond donors (Lipinski definition) is 3. The van der Waals surface area contributed by atoms with Gasteiger partial charge in [0.1, 0.15) is 5.75 Å². The number of hydrogen-bond acceptors (Lipinski definition) is 5. The van der Waals surface area contributed by atoms with Gasteiger partial charge in [-0.3, -0.25) is 14.6 Å². The van der Waals surface area contributed by atoms with Gasteiger partial charge in [0.2, 0.25) is 5.91 Å². The summed E-state index contributed by atoms with van der Waals surface area (Å²) < 4.78 is 5.47. The average molecular weight is 346 g/mol. The number of aromatic nitrogens is 2. The Bertz CT molecular complexity index is 842. The monoisotopic (exact) mass is 346 g/mol. The van der Waals surface area contributed by atoms with Crippen molar-refractivity contribution in [2.75, 3.05) is 7.11 Å². The Balaban J connectivity index is 1.97. The zero-order valence-corrected chi connectivity index (χ0v) is 14.2. The van der Waals surface area contributed by atoms with E-state index in [4.69, 9.17) is 17.0 Å². The Kier molecular flexibility index (Phi) is 6.02. The first-order valence-electron chi connectivity index (χ1n) is 7.24. The number of aromatic amines is 2. The number of H-pyrrole nitrogens is 2. The number of hydrazone groups is 1. The predicted molar refractivity (Wildman–Crippen MR) is 93.9 cm³/mol. The van der Waals surface area contributed by atoms with E-state index in [9.17, 15) is 9.59 Å². The zero-order valence-electron chi connectivity index (χ0n) is 13.4. The van der Waals surface area contributed by atoms with E-state index in [0.717, 1.165) is 17.0 Å². The van der Waals surface area contributed by atoms with Gasteiger partial charge in [-0.2, -0.15) is 5.10 Å². The van der Waals surface area contributed by atoms with E-state index in [0.29, 0.717) is 12.1 Å². The van der Waals surface area contributed by atoms with Crippen LogP contribution in [0.4, 0.5) is 0 Å². The van der Waals surface area contributed by atoms with Gasteiger partial charge in [-0.15, -0.1) is 0 Å². The molecule has 1 heterocycles. The van der Waals surface area contributed by atoms with Gasteiger partial charge >= 0.3 is 0 Å². The Morgan fingerprint density at radius 2 is 2.04 bits per heavy atom. The summed E-state index contributed by atoms with van der Waals surface area (Å²) in [5.74, 6) is 0.431. The van der Waals surface area contributed by atoms with Gasteiger partial charge in [0.05, 0.1) is 13.5 Å². The van der Waals surface area contributed by atoms with Crippen LogP contribution in [-0.4, -0.2) is 28.7 Å². The number of nitrogens with one attached hydrogen (secondary N) is 3. The van der Waals surface area contributed by atoms with Crippen molar-refractivity contribution in [2.45, 2.75) is 19.8 Å². The van der Waals surface area contributed by atoms with Crippen LogP contribution in [0.3, 0.4) is 0 Å². The van der Waals surface area contributed by atoms with Crippen molar-refractivity contribution in [3.63, 3.8) is 0 Å². The van der Waals surface area contributed by atoms with Crippen molar-refractivity contribution in [1.29, 1.82) is 0 Å². The third-order valence-corrected chi connectivity index (χ3v) is 3.38. The molecule has 0 saturated carbocycles. The summed E-state index contributed by atoms with van der Waals surface area (Å²) in [7, 11) is 1.61. The molecule has 0 aliphatic rings. The molecule has 0 radical (unpaired) electrons. The van der Waals surface area contributed by atoms with Gasteiger partial charge in [0.15, 0.2) is 4.77 Å². The lowest BCUT2D eigenvalue weighted by atomic mass is 10.1. The Hall–Kier alpha value is -2.74. The van der Waals surface area contributed by atoms with Gasteiger partial charge in [0, 0.05) is 23.9 Å². The lowest BCUT2D eigenvalue weighted by Gasteiger charge is -2.08. The maximum absolute atomic E-state index is 11.9. The molecule has 7 nitrogen and oxygen atoms in total. The highest BCUT2D eigenvalue weighted by Gasteiger charge is 2.06. The fourth-order valence-corrected chi connectivity index (χ4v) is 2.38. The molecule has 1 aromatic carbocycles. The molecule has 0 aliphatic carbocycles. The number of para-hydroxylation sites is 1. The standard InChI is InChI=1S/C16H18N4O3S/c1-10(7-11-5-3-4-6-13(11)23-2)19-20-15(22)9-12-8-14(21)18-16(24)17-12/h3-6,8H,7,9H2,1-2H3,(H,20,22)(H2,17,18,21,24)/b19-10-. The van der Waals surface area contributed by atoms with E-state index >= 15 is 0 Å². The van der Waals surface area contributed by atoms with Crippen molar-refractivity contribution < 1.29 is 9.53 Å². The highest BCUT2D eigenvalue weighted by Crippen LogP contribution is 2.17. The summed E-state index contributed by atoms with van der Waals surface area (Å²) in [5, 5.41) is 4.07. The predicted octanol–water partition coefficient (Wildman–Crippen LogP) is 1.72. The third kappa shape index (κ3) is 5.17. The van der Waals surface area contributed by atoms with E-state index in [-0.39, 0.29) is 22.7 Å². The minimum atomic E-state index is -0.350. The van der Waals surface area contributed by atoms with Gasteiger partial charge in [-0.25, -0.2) is 5.43 Å². The average Bonchev–Trinajstić information content (AvgIpc) is 2.52. The number of rotatable bonds is 6. The molecule has 24 heavy (non-hydrogen) atoms.